The standard InChI is InChI=1S/C23H22N4O4S2/c1-31-14-6-7-16-18(12-14)33-23(25-16)26-20(28)13-8-10-27(11-9-13)22(30)19-21(29)24-15-4-2-3-5-17(15)32-19/h2-7,12-13,19H,8-11H2,1H3,(H,24,29)(H,25,26,28). The van der Waals surface area contributed by atoms with Crippen molar-refractivity contribution in [1.29, 1.82) is 0 Å². The highest BCUT2D eigenvalue weighted by molar-refractivity contribution is 8.01. The van der Waals surface area contributed by atoms with Gasteiger partial charge in [-0.05, 0) is 43.2 Å². The van der Waals surface area contributed by atoms with Crippen LogP contribution >= 0.6 is 23.1 Å². The van der Waals surface area contributed by atoms with Crippen LogP contribution in [0.25, 0.3) is 10.2 Å². The first-order chi connectivity index (χ1) is 16.0. The first-order valence-corrected chi connectivity index (χ1v) is 12.3. The van der Waals surface area contributed by atoms with Crippen molar-refractivity contribution in [3.8, 4) is 5.75 Å². The molecule has 0 aliphatic carbocycles. The number of nitrogens with zero attached hydrogens (tertiary/aromatic N) is 2. The van der Waals surface area contributed by atoms with E-state index >= 15 is 0 Å². The van der Waals surface area contributed by atoms with E-state index in [1.165, 1.54) is 23.1 Å². The number of para-hydroxylation sites is 1. The number of benzene rings is 2. The Kier molecular flexibility index (Phi) is 5.94. The fourth-order valence-corrected chi connectivity index (χ4v) is 6.00. The molecule has 3 amide bonds. The number of fused-ring (bicyclic) bond motifs is 2. The molecule has 2 aliphatic rings. The van der Waals surface area contributed by atoms with Crippen molar-refractivity contribution in [1.82, 2.24) is 9.88 Å². The van der Waals surface area contributed by atoms with E-state index in [0.29, 0.717) is 31.1 Å². The molecule has 1 unspecified atom stereocenters. The van der Waals surface area contributed by atoms with E-state index in [9.17, 15) is 14.4 Å². The second-order valence-electron chi connectivity index (χ2n) is 7.92. The van der Waals surface area contributed by atoms with Gasteiger partial charge in [-0.25, -0.2) is 4.98 Å². The molecule has 1 fully saturated rings. The van der Waals surface area contributed by atoms with Crippen LogP contribution < -0.4 is 15.4 Å². The third-order valence-corrected chi connectivity index (χ3v) is 8.05. The van der Waals surface area contributed by atoms with Gasteiger partial charge in [0.2, 0.25) is 17.7 Å². The number of thioether (sulfide) groups is 1. The van der Waals surface area contributed by atoms with Crippen LogP contribution in [-0.4, -0.2) is 53.1 Å². The maximum Gasteiger partial charge on any atom is 0.247 e. The molecule has 1 aromatic heterocycles. The number of aromatic nitrogens is 1. The van der Waals surface area contributed by atoms with Gasteiger partial charge >= 0.3 is 0 Å². The summed E-state index contributed by atoms with van der Waals surface area (Å²) >= 11 is 2.69. The lowest BCUT2D eigenvalue weighted by molar-refractivity contribution is -0.136. The Morgan fingerprint density at radius 2 is 1.97 bits per heavy atom. The highest BCUT2D eigenvalue weighted by Crippen LogP contribution is 2.36. The average molecular weight is 483 g/mol. The lowest BCUT2D eigenvalue weighted by Crippen LogP contribution is -2.48. The van der Waals surface area contributed by atoms with Gasteiger partial charge in [-0.1, -0.05) is 23.5 Å². The quantitative estimate of drug-likeness (QED) is 0.551. The zero-order valence-electron chi connectivity index (χ0n) is 17.9. The Labute approximate surface area is 198 Å². The molecule has 3 heterocycles. The maximum atomic E-state index is 13.0. The third-order valence-electron chi connectivity index (χ3n) is 5.86. The predicted octanol–water partition coefficient (Wildman–Crippen LogP) is 3.60. The summed E-state index contributed by atoms with van der Waals surface area (Å²) < 4.78 is 6.18. The second kappa shape index (κ2) is 9.03. The van der Waals surface area contributed by atoms with Crippen LogP contribution in [0.4, 0.5) is 10.8 Å². The highest BCUT2D eigenvalue weighted by Gasteiger charge is 2.37. The number of amides is 3. The summed E-state index contributed by atoms with van der Waals surface area (Å²) in [6, 6.07) is 13.1. The van der Waals surface area contributed by atoms with Gasteiger partial charge < -0.3 is 20.3 Å². The number of rotatable bonds is 4. The van der Waals surface area contributed by atoms with Crippen LogP contribution in [0.1, 0.15) is 12.8 Å². The third kappa shape index (κ3) is 4.40. The number of ether oxygens (including phenoxy) is 1. The molecule has 0 radical (unpaired) electrons. The van der Waals surface area contributed by atoms with Crippen molar-refractivity contribution >= 4 is 61.9 Å². The molecule has 2 N–H and O–H groups in total. The number of anilines is 2. The summed E-state index contributed by atoms with van der Waals surface area (Å²) in [6.07, 6.45) is 1.10. The molecule has 10 heteroatoms. The summed E-state index contributed by atoms with van der Waals surface area (Å²) in [6.45, 7) is 0.889. The van der Waals surface area contributed by atoms with Crippen molar-refractivity contribution in [2.45, 2.75) is 23.0 Å². The second-order valence-corrected chi connectivity index (χ2v) is 10.1. The summed E-state index contributed by atoms with van der Waals surface area (Å²) in [5, 5.41) is 5.49. The predicted molar refractivity (Wildman–Crippen MR) is 129 cm³/mol. The number of hydrogen-bond acceptors (Lipinski definition) is 7. The Hall–Kier alpha value is -3.11. The zero-order valence-corrected chi connectivity index (χ0v) is 19.5. The largest absolute Gasteiger partial charge is 0.497 e. The van der Waals surface area contributed by atoms with Crippen molar-refractivity contribution in [2.75, 3.05) is 30.8 Å². The van der Waals surface area contributed by atoms with E-state index in [0.717, 1.165) is 26.5 Å². The summed E-state index contributed by atoms with van der Waals surface area (Å²) in [5.41, 5.74) is 1.54. The number of piperidine rings is 1. The van der Waals surface area contributed by atoms with E-state index in [-0.39, 0.29) is 23.6 Å². The van der Waals surface area contributed by atoms with Gasteiger partial charge in [-0.15, -0.1) is 11.8 Å². The van der Waals surface area contributed by atoms with Crippen molar-refractivity contribution in [2.24, 2.45) is 5.92 Å². The Morgan fingerprint density at radius 1 is 1.18 bits per heavy atom. The SMILES string of the molecule is COc1ccc2nc(NC(=O)C3CCN(C(=O)C4Sc5ccccc5NC4=O)CC3)sc2c1. The van der Waals surface area contributed by atoms with Gasteiger partial charge in [-0.2, -0.15) is 0 Å². The van der Waals surface area contributed by atoms with E-state index in [4.69, 9.17) is 4.74 Å². The first-order valence-electron chi connectivity index (χ1n) is 10.6. The molecule has 170 valence electrons. The smallest absolute Gasteiger partial charge is 0.247 e. The lowest BCUT2D eigenvalue weighted by atomic mass is 9.95. The molecule has 1 atom stereocenters. The number of hydrogen-bond donors (Lipinski definition) is 2. The minimum Gasteiger partial charge on any atom is -0.497 e. The van der Waals surface area contributed by atoms with Crippen LogP contribution in [0, 0.1) is 5.92 Å². The first kappa shape index (κ1) is 21.7. The van der Waals surface area contributed by atoms with Crippen molar-refractivity contribution in [3.63, 3.8) is 0 Å². The van der Waals surface area contributed by atoms with Gasteiger partial charge in [0.25, 0.3) is 0 Å². The van der Waals surface area contributed by atoms with Gasteiger partial charge in [0, 0.05) is 23.9 Å². The summed E-state index contributed by atoms with van der Waals surface area (Å²) in [7, 11) is 1.61. The molecular weight excluding hydrogens is 460 g/mol. The number of nitrogens with one attached hydrogen (secondary N) is 2. The van der Waals surface area contributed by atoms with Gasteiger partial charge in [-0.3, -0.25) is 14.4 Å². The summed E-state index contributed by atoms with van der Waals surface area (Å²) in [5.74, 6) is -0.0487. The monoisotopic (exact) mass is 482 g/mol. The van der Waals surface area contributed by atoms with E-state index in [1.54, 1.807) is 12.0 Å². The molecule has 0 saturated carbocycles. The van der Waals surface area contributed by atoms with Gasteiger partial charge in [0.1, 0.15) is 5.75 Å². The molecule has 2 aliphatic heterocycles. The fraction of sp³-hybridized carbons (Fsp3) is 0.304. The van der Waals surface area contributed by atoms with E-state index in [2.05, 4.69) is 15.6 Å². The maximum absolute atomic E-state index is 13.0. The number of carbonyl (C=O) groups excluding carboxylic acids is 3. The van der Waals surface area contributed by atoms with Crippen molar-refractivity contribution in [3.05, 3.63) is 42.5 Å². The molecule has 3 aromatic rings. The molecule has 0 spiro atoms. The van der Waals surface area contributed by atoms with Gasteiger partial charge in [0.15, 0.2) is 10.4 Å². The molecule has 8 nitrogen and oxygen atoms in total. The number of likely N-dealkylation sites (tertiary alicyclic amines) is 1. The normalized spacial score (nSPS) is 18.5. The minimum atomic E-state index is -0.801. The van der Waals surface area contributed by atoms with E-state index in [1.807, 2.05) is 42.5 Å². The van der Waals surface area contributed by atoms with Crippen LogP contribution in [0.15, 0.2) is 47.4 Å². The van der Waals surface area contributed by atoms with Gasteiger partial charge in [0.05, 0.1) is 23.0 Å². The molecule has 5 rings (SSSR count). The number of carbonyl (C=O) groups is 3. The molecule has 1 saturated heterocycles. The van der Waals surface area contributed by atoms with Crippen LogP contribution in [0.2, 0.25) is 0 Å². The van der Waals surface area contributed by atoms with Crippen LogP contribution in [-0.2, 0) is 14.4 Å². The Bertz CT molecular complexity index is 1240. The fourth-order valence-electron chi connectivity index (χ4n) is 4.03. The molecule has 2 aromatic carbocycles. The summed E-state index contributed by atoms with van der Waals surface area (Å²) in [4.78, 5) is 45.3. The lowest BCUT2D eigenvalue weighted by Gasteiger charge is -2.34. The number of methoxy groups -OCH3 is 1. The Morgan fingerprint density at radius 3 is 2.76 bits per heavy atom. The molecule has 33 heavy (non-hydrogen) atoms. The topological polar surface area (TPSA) is 101 Å². The van der Waals surface area contributed by atoms with Crippen molar-refractivity contribution < 1.29 is 19.1 Å². The molecular formula is C23H22N4O4S2. The van der Waals surface area contributed by atoms with Crippen LogP contribution in [0.5, 0.6) is 5.75 Å². The zero-order chi connectivity index (χ0) is 22.9. The van der Waals surface area contributed by atoms with E-state index < -0.39 is 5.25 Å². The molecule has 0 bridgehead atoms. The van der Waals surface area contributed by atoms with Crippen LogP contribution in [0.3, 0.4) is 0 Å². The Balaban J connectivity index is 1.18. The highest BCUT2D eigenvalue weighted by atomic mass is 32.2. The minimum absolute atomic E-state index is 0.0909. The average Bonchev–Trinajstić information content (AvgIpc) is 3.24. The number of thiazole rings is 1.